The van der Waals surface area contributed by atoms with E-state index >= 15 is 0 Å². The van der Waals surface area contributed by atoms with Gasteiger partial charge in [0.25, 0.3) is 5.91 Å². The van der Waals surface area contributed by atoms with Gasteiger partial charge in [-0.05, 0) is 23.6 Å². The highest BCUT2D eigenvalue weighted by molar-refractivity contribution is 7.13. The minimum absolute atomic E-state index is 0.0252. The molecule has 4 nitrogen and oxygen atoms in total. The van der Waals surface area contributed by atoms with Crippen LogP contribution in [0.4, 0.5) is 0 Å². The molecule has 0 radical (unpaired) electrons. The van der Waals surface area contributed by atoms with E-state index in [2.05, 4.69) is 27.4 Å². The van der Waals surface area contributed by atoms with E-state index in [9.17, 15) is 4.79 Å². The molecule has 0 N–H and O–H groups in total. The summed E-state index contributed by atoms with van der Waals surface area (Å²) in [6, 6.07) is 11.8. The summed E-state index contributed by atoms with van der Waals surface area (Å²) in [5.74, 6) is 0.0252. The number of amides is 1. The van der Waals surface area contributed by atoms with Crippen LogP contribution in [0.3, 0.4) is 0 Å². The Morgan fingerprint density at radius 1 is 1.08 bits per heavy atom. The zero-order valence-electron chi connectivity index (χ0n) is 14.1. The third-order valence-corrected chi connectivity index (χ3v) is 6.44. The van der Waals surface area contributed by atoms with Gasteiger partial charge in [0.1, 0.15) is 10.7 Å². The van der Waals surface area contributed by atoms with E-state index < -0.39 is 0 Å². The first-order valence-electron chi connectivity index (χ1n) is 8.44. The SMILES string of the molecule is O=C(c1csc(-c2ccc(Cl)cc2)n1)N1CCN(Cc2cccs2)CC1. The molecule has 7 heteroatoms. The molecule has 1 saturated heterocycles. The van der Waals surface area contributed by atoms with Crippen LogP contribution in [-0.4, -0.2) is 46.9 Å². The van der Waals surface area contributed by atoms with E-state index in [1.54, 1.807) is 11.3 Å². The van der Waals surface area contributed by atoms with Crippen LogP contribution >= 0.6 is 34.3 Å². The van der Waals surface area contributed by atoms with Crippen molar-refractivity contribution in [2.24, 2.45) is 0 Å². The molecule has 1 aliphatic rings. The lowest BCUT2D eigenvalue weighted by atomic mass is 10.2. The van der Waals surface area contributed by atoms with E-state index in [1.807, 2.05) is 34.5 Å². The standard InChI is InChI=1S/C19H18ClN3OS2/c20-15-5-3-14(4-6-15)18-21-17(13-26-18)19(24)23-9-7-22(8-10-23)12-16-2-1-11-25-16/h1-6,11,13H,7-10,12H2. The molecule has 0 atom stereocenters. The summed E-state index contributed by atoms with van der Waals surface area (Å²) in [5, 5.41) is 5.50. The van der Waals surface area contributed by atoms with Crippen molar-refractivity contribution in [2.75, 3.05) is 26.2 Å². The molecule has 3 aromatic rings. The quantitative estimate of drug-likeness (QED) is 0.644. The second-order valence-corrected chi connectivity index (χ2v) is 8.52. The van der Waals surface area contributed by atoms with Crippen LogP contribution in [0.1, 0.15) is 15.4 Å². The molecular formula is C19H18ClN3OS2. The molecule has 26 heavy (non-hydrogen) atoms. The maximum atomic E-state index is 12.8. The summed E-state index contributed by atoms with van der Waals surface area (Å²) < 4.78 is 0. The van der Waals surface area contributed by atoms with Gasteiger partial charge in [-0.3, -0.25) is 9.69 Å². The molecule has 1 aliphatic heterocycles. The fraction of sp³-hybridized carbons (Fsp3) is 0.263. The molecule has 2 aromatic heterocycles. The Balaban J connectivity index is 1.37. The largest absolute Gasteiger partial charge is 0.335 e. The second-order valence-electron chi connectivity index (χ2n) is 6.19. The van der Waals surface area contributed by atoms with Crippen LogP contribution in [0.25, 0.3) is 10.6 Å². The fourth-order valence-electron chi connectivity index (χ4n) is 2.99. The Hall–Kier alpha value is -1.73. The number of thiophene rings is 1. The average Bonchev–Trinajstić information content (AvgIpc) is 3.34. The third kappa shape index (κ3) is 3.99. The number of carbonyl (C=O) groups excluding carboxylic acids is 1. The van der Waals surface area contributed by atoms with E-state index in [4.69, 9.17) is 11.6 Å². The monoisotopic (exact) mass is 403 g/mol. The minimum Gasteiger partial charge on any atom is -0.335 e. The van der Waals surface area contributed by atoms with Gasteiger partial charge in [-0.25, -0.2) is 4.98 Å². The molecule has 1 fully saturated rings. The first-order chi connectivity index (χ1) is 12.7. The van der Waals surface area contributed by atoms with Gasteiger partial charge in [-0.1, -0.05) is 29.8 Å². The van der Waals surface area contributed by atoms with Gasteiger partial charge < -0.3 is 4.90 Å². The van der Waals surface area contributed by atoms with Crippen molar-refractivity contribution in [3.05, 3.63) is 62.8 Å². The number of benzene rings is 1. The number of rotatable bonds is 4. The van der Waals surface area contributed by atoms with Crippen molar-refractivity contribution < 1.29 is 4.79 Å². The maximum Gasteiger partial charge on any atom is 0.273 e. The second kappa shape index (κ2) is 7.88. The summed E-state index contributed by atoms with van der Waals surface area (Å²) in [6.07, 6.45) is 0. The zero-order chi connectivity index (χ0) is 17.9. The van der Waals surface area contributed by atoms with Crippen molar-refractivity contribution in [1.82, 2.24) is 14.8 Å². The van der Waals surface area contributed by atoms with Gasteiger partial charge in [0.15, 0.2) is 0 Å². The lowest BCUT2D eigenvalue weighted by molar-refractivity contribution is 0.0625. The Kier molecular flexibility index (Phi) is 5.36. The smallest absolute Gasteiger partial charge is 0.273 e. The Morgan fingerprint density at radius 2 is 1.85 bits per heavy atom. The molecular weight excluding hydrogens is 386 g/mol. The van der Waals surface area contributed by atoms with Crippen LogP contribution < -0.4 is 0 Å². The van der Waals surface area contributed by atoms with Crippen LogP contribution in [0, 0.1) is 0 Å². The van der Waals surface area contributed by atoms with Crippen LogP contribution in [0.2, 0.25) is 5.02 Å². The van der Waals surface area contributed by atoms with Crippen molar-refractivity contribution in [1.29, 1.82) is 0 Å². The van der Waals surface area contributed by atoms with Crippen LogP contribution in [0.15, 0.2) is 47.2 Å². The van der Waals surface area contributed by atoms with Crippen molar-refractivity contribution in [3.63, 3.8) is 0 Å². The highest BCUT2D eigenvalue weighted by Crippen LogP contribution is 2.26. The Bertz CT molecular complexity index is 869. The lowest BCUT2D eigenvalue weighted by Gasteiger charge is -2.34. The number of hydrogen-bond acceptors (Lipinski definition) is 5. The van der Waals surface area contributed by atoms with Gasteiger partial charge >= 0.3 is 0 Å². The number of aromatic nitrogens is 1. The Morgan fingerprint density at radius 3 is 2.54 bits per heavy atom. The molecule has 3 heterocycles. The first kappa shape index (κ1) is 17.7. The number of piperazine rings is 1. The molecule has 134 valence electrons. The van der Waals surface area contributed by atoms with Gasteiger partial charge in [0, 0.05) is 53.6 Å². The number of hydrogen-bond donors (Lipinski definition) is 0. The zero-order valence-corrected chi connectivity index (χ0v) is 16.5. The Labute approximate surface area is 165 Å². The topological polar surface area (TPSA) is 36.4 Å². The molecule has 0 aliphatic carbocycles. The number of carbonyl (C=O) groups is 1. The lowest BCUT2D eigenvalue weighted by Crippen LogP contribution is -2.48. The number of halogens is 1. The molecule has 0 saturated carbocycles. The predicted octanol–water partition coefficient (Wildman–Crippen LogP) is 4.48. The summed E-state index contributed by atoms with van der Waals surface area (Å²) in [6.45, 7) is 4.27. The predicted molar refractivity (Wildman–Crippen MR) is 108 cm³/mol. The van der Waals surface area contributed by atoms with E-state index in [1.165, 1.54) is 16.2 Å². The molecule has 0 unspecified atom stereocenters. The van der Waals surface area contributed by atoms with E-state index in [0.717, 1.165) is 43.3 Å². The normalized spacial score (nSPS) is 15.3. The molecule has 4 rings (SSSR count). The van der Waals surface area contributed by atoms with Crippen LogP contribution in [-0.2, 0) is 6.54 Å². The average molecular weight is 404 g/mol. The number of thiazole rings is 1. The van der Waals surface area contributed by atoms with E-state index in [0.29, 0.717) is 10.7 Å². The van der Waals surface area contributed by atoms with Crippen molar-refractivity contribution in [2.45, 2.75) is 6.54 Å². The summed E-state index contributed by atoms with van der Waals surface area (Å²) >= 11 is 9.21. The molecule has 0 spiro atoms. The van der Waals surface area contributed by atoms with Gasteiger partial charge in [0.05, 0.1) is 0 Å². The molecule has 0 bridgehead atoms. The fourth-order valence-corrected chi connectivity index (χ4v) is 4.66. The molecule has 1 aromatic carbocycles. The van der Waals surface area contributed by atoms with Gasteiger partial charge in [-0.2, -0.15) is 0 Å². The van der Waals surface area contributed by atoms with Crippen molar-refractivity contribution >= 4 is 40.2 Å². The van der Waals surface area contributed by atoms with Gasteiger partial charge in [0.2, 0.25) is 0 Å². The minimum atomic E-state index is 0.0252. The van der Waals surface area contributed by atoms with Crippen molar-refractivity contribution in [3.8, 4) is 10.6 Å². The molecule has 1 amide bonds. The summed E-state index contributed by atoms with van der Waals surface area (Å²) in [4.78, 5) is 23.0. The maximum absolute atomic E-state index is 12.8. The highest BCUT2D eigenvalue weighted by atomic mass is 35.5. The summed E-state index contributed by atoms with van der Waals surface area (Å²) in [5.41, 5.74) is 1.52. The van der Waals surface area contributed by atoms with E-state index in [-0.39, 0.29) is 5.91 Å². The first-order valence-corrected chi connectivity index (χ1v) is 10.6. The number of nitrogens with zero attached hydrogens (tertiary/aromatic N) is 3. The summed E-state index contributed by atoms with van der Waals surface area (Å²) in [7, 11) is 0. The highest BCUT2D eigenvalue weighted by Gasteiger charge is 2.24. The van der Waals surface area contributed by atoms with Crippen LogP contribution in [0.5, 0.6) is 0 Å². The van der Waals surface area contributed by atoms with Gasteiger partial charge in [-0.15, -0.1) is 22.7 Å². The third-order valence-electron chi connectivity index (χ3n) is 4.43.